The van der Waals surface area contributed by atoms with E-state index >= 15 is 0 Å². The summed E-state index contributed by atoms with van der Waals surface area (Å²) < 4.78 is 32.1. The number of aromatic nitrogens is 3. The number of aryl methyl sites for hydroxylation is 1. The number of nitrogens with one attached hydrogen (secondary N) is 3. The molecule has 2 aliphatic heterocycles. The third-order valence-corrected chi connectivity index (χ3v) is 9.03. The lowest BCUT2D eigenvalue weighted by molar-refractivity contribution is 0.0991. The lowest BCUT2D eigenvalue weighted by atomic mass is 10.1. The molecule has 1 saturated carbocycles. The van der Waals surface area contributed by atoms with Gasteiger partial charge in [-0.3, -0.25) is 0 Å². The first-order valence-electron chi connectivity index (χ1n) is 12.7. The van der Waals surface area contributed by atoms with Crippen LogP contribution in [0.4, 0.5) is 23.1 Å². The fourth-order valence-corrected chi connectivity index (χ4v) is 6.37. The first kappa shape index (κ1) is 24.1. The second-order valence-electron chi connectivity index (χ2n) is 9.89. The van der Waals surface area contributed by atoms with Gasteiger partial charge in [-0.2, -0.15) is 0 Å². The fraction of sp³-hybridized carbons (Fsp3) is 0.423. The highest BCUT2D eigenvalue weighted by atomic mass is 32.2. The lowest BCUT2D eigenvalue weighted by Gasteiger charge is -2.30. The Balaban J connectivity index is 1.06. The van der Waals surface area contributed by atoms with Crippen LogP contribution in [-0.2, 0) is 14.8 Å². The molecular formula is C26H31N7O3S. The van der Waals surface area contributed by atoms with Gasteiger partial charge in [-0.05, 0) is 68.1 Å². The number of fused-ring (bicyclic) bond motifs is 2. The maximum Gasteiger partial charge on any atom is 0.227 e. The summed E-state index contributed by atoms with van der Waals surface area (Å²) in [5.74, 6) is 1.19. The molecule has 3 aromatic rings. The van der Waals surface area contributed by atoms with Crippen LogP contribution in [0, 0.1) is 6.92 Å². The number of morpholine rings is 1. The van der Waals surface area contributed by atoms with Crippen LogP contribution in [-0.4, -0.2) is 67.0 Å². The Morgan fingerprint density at radius 2 is 2.00 bits per heavy atom. The molecule has 1 aliphatic carbocycles. The molecule has 0 spiro atoms. The topological polar surface area (TPSA) is 121 Å². The van der Waals surface area contributed by atoms with Gasteiger partial charge in [0.05, 0.1) is 29.7 Å². The highest BCUT2D eigenvalue weighted by Crippen LogP contribution is 2.35. The smallest absolute Gasteiger partial charge is 0.227 e. The predicted molar refractivity (Wildman–Crippen MR) is 144 cm³/mol. The fourth-order valence-electron chi connectivity index (χ4n) is 4.99. The second-order valence-corrected chi connectivity index (χ2v) is 11.9. The van der Waals surface area contributed by atoms with E-state index < -0.39 is 10.0 Å². The number of sulfonamides is 1. The van der Waals surface area contributed by atoms with Crippen LogP contribution < -0.4 is 20.3 Å². The minimum absolute atomic E-state index is 0.207. The number of rotatable bonds is 10. The van der Waals surface area contributed by atoms with Crippen molar-refractivity contribution < 1.29 is 13.2 Å². The van der Waals surface area contributed by atoms with Crippen molar-refractivity contribution in [3.8, 4) is 11.3 Å². The molecular weight excluding hydrogens is 490 g/mol. The van der Waals surface area contributed by atoms with Crippen LogP contribution in [0.25, 0.3) is 11.3 Å². The first-order valence-corrected chi connectivity index (χ1v) is 14.3. The van der Waals surface area contributed by atoms with Gasteiger partial charge < -0.3 is 20.3 Å². The number of hydrogen-bond donors (Lipinski definition) is 3. The molecule has 0 amide bonds. The third kappa shape index (κ3) is 5.39. The summed E-state index contributed by atoms with van der Waals surface area (Å²) in [6, 6.07) is 12.5. The molecule has 2 aromatic heterocycles. The summed E-state index contributed by atoms with van der Waals surface area (Å²) in [5.41, 5.74) is 5.03. The molecule has 3 aliphatic rings. The van der Waals surface area contributed by atoms with Crippen molar-refractivity contribution in [1.82, 2.24) is 19.7 Å². The zero-order valence-electron chi connectivity index (χ0n) is 20.7. The van der Waals surface area contributed by atoms with Crippen LogP contribution in [0.1, 0.15) is 24.8 Å². The molecule has 0 unspecified atom stereocenters. The van der Waals surface area contributed by atoms with Crippen LogP contribution in [0.15, 0.2) is 48.8 Å². The summed E-state index contributed by atoms with van der Waals surface area (Å²) in [6.07, 6.45) is 6.47. The molecule has 6 rings (SSSR count). The van der Waals surface area contributed by atoms with Gasteiger partial charge in [0.2, 0.25) is 16.0 Å². The number of pyridine rings is 1. The second kappa shape index (κ2) is 9.88. The van der Waals surface area contributed by atoms with E-state index in [2.05, 4.69) is 60.3 Å². The van der Waals surface area contributed by atoms with Gasteiger partial charge in [0.1, 0.15) is 5.82 Å². The average Bonchev–Trinajstić information content (AvgIpc) is 3.57. The van der Waals surface area contributed by atoms with E-state index in [1.807, 2.05) is 18.2 Å². The van der Waals surface area contributed by atoms with Crippen LogP contribution in [0.2, 0.25) is 0 Å². The summed E-state index contributed by atoms with van der Waals surface area (Å²) in [4.78, 5) is 16.0. The van der Waals surface area contributed by atoms with Crippen molar-refractivity contribution in [3.63, 3.8) is 0 Å². The Labute approximate surface area is 216 Å². The third-order valence-electron chi connectivity index (χ3n) is 7.08. The van der Waals surface area contributed by atoms with Gasteiger partial charge in [0.15, 0.2) is 0 Å². The average molecular weight is 522 g/mol. The molecule has 2 saturated heterocycles. The molecule has 0 radical (unpaired) electrons. The summed E-state index contributed by atoms with van der Waals surface area (Å²) in [5, 5.41) is 6.26. The van der Waals surface area contributed by atoms with Gasteiger partial charge in [-0.15, -0.1) is 0 Å². The van der Waals surface area contributed by atoms with Crippen LogP contribution >= 0.6 is 0 Å². The van der Waals surface area contributed by atoms with E-state index in [-0.39, 0.29) is 5.25 Å². The van der Waals surface area contributed by atoms with Gasteiger partial charge >= 0.3 is 0 Å². The highest BCUT2D eigenvalue weighted by Gasteiger charge is 2.39. The lowest BCUT2D eigenvalue weighted by Crippen LogP contribution is -2.37. The molecule has 10 nitrogen and oxygen atoms in total. The van der Waals surface area contributed by atoms with E-state index in [9.17, 15) is 8.42 Å². The zero-order valence-corrected chi connectivity index (χ0v) is 21.5. The van der Waals surface area contributed by atoms with Crippen molar-refractivity contribution in [3.05, 3.63) is 54.4 Å². The molecule has 11 heteroatoms. The van der Waals surface area contributed by atoms with E-state index in [4.69, 9.17) is 4.74 Å². The van der Waals surface area contributed by atoms with E-state index in [1.54, 1.807) is 12.4 Å². The van der Waals surface area contributed by atoms with Crippen molar-refractivity contribution >= 4 is 33.2 Å². The minimum Gasteiger partial charge on any atom is -0.374 e. The number of anilines is 4. The van der Waals surface area contributed by atoms with Crippen LogP contribution in [0.5, 0.6) is 0 Å². The number of nitrogens with zero attached hydrogens (tertiary/aromatic N) is 4. The van der Waals surface area contributed by atoms with Crippen molar-refractivity contribution in [2.45, 2.75) is 43.6 Å². The zero-order chi connectivity index (χ0) is 25.4. The summed E-state index contributed by atoms with van der Waals surface area (Å²) >= 11 is 0. The molecule has 3 N–H and O–H groups in total. The van der Waals surface area contributed by atoms with E-state index in [1.165, 1.54) is 11.3 Å². The monoisotopic (exact) mass is 521 g/mol. The number of hydrogen-bond acceptors (Lipinski definition) is 9. The Morgan fingerprint density at radius 1 is 1.11 bits per heavy atom. The largest absolute Gasteiger partial charge is 0.374 e. The summed E-state index contributed by atoms with van der Waals surface area (Å²) in [6.45, 7) is 4.71. The molecule has 4 heterocycles. The van der Waals surface area contributed by atoms with E-state index in [0.29, 0.717) is 37.0 Å². The van der Waals surface area contributed by atoms with Crippen LogP contribution in [0.3, 0.4) is 0 Å². The van der Waals surface area contributed by atoms with Gasteiger partial charge in [-0.25, -0.2) is 28.1 Å². The maximum absolute atomic E-state index is 11.9. The molecule has 2 bridgehead atoms. The minimum atomic E-state index is -3.16. The SMILES string of the molecule is Cc1cc(Nc2nccc(-c3ccc(NCCNS(=O)(=O)C4CC4)nc3)n2)ccc1N1C[C@@H]2C[C@H]1CO2. The van der Waals surface area contributed by atoms with Gasteiger partial charge in [-0.1, -0.05) is 0 Å². The van der Waals surface area contributed by atoms with Crippen molar-refractivity contribution in [2.24, 2.45) is 0 Å². The first-order chi connectivity index (χ1) is 17.9. The standard InChI is InChI=1S/C26H31N7O3S/c1-17-12-19(3-6-24(17)33-15-21-13-20(33)16-36-21)31-26-28-9-8-23(32-26)18-2-7-25(29-14-18)27-10-11-30-37(34,35)22-4-5-22/h2-3,6-9,12,14,20-22,30H,4-5,10-11,13,15-16H2,1H3,(H,27,29)(H,28,31,32)/t20-,21-/m0/s1. The van der Waals surface area contributed by atoms with Gasteiger partial charge in [0.25, 0.3) is 0 Å². The maximum atomic E-state index is 11.9. The highest BCUT2D eigenvalue weighted by molar-refractivity contribution is 7.90. The number of benzene rings is 1. The van der Waals surface area contributed by atoms with Gasteiger partial charge in [0, 0.05) is 49.0 Å². The number of ether oxygens (including phenoxy) is 1. The molecule has 2 atom stereocenters. The Bertz CT molecular complexity index is 1380. The van der Waals surface area contributed by atoms with Crippen molar-refractivity contribution in [2.75, 3.05) is 41.8 Å². The van der Waals surface area contributed by atoms with Crippen molar-refractivity contribution in [1.29, 1.82) is 0 Å². The molecule has 194 valence electrons. The molecule has 37 heavy (non-hydrogen) atoms. The Morgan fingerprint density at radius 3 is 2.70 bits per heavy atom. The predicted octanol–water partition coefficient (Wildman–Crippen LogP) is 3.06. The Kier molecular flexibility index (Phi) is 6.43. The quantitative estimate of drug-likeness (QED) is 0.346. The van der Waals surface area contributed by atoms with E-state index in [0.717, 1.165) is 49.4 Å². The molecule has 3 fully saturated rings. The normalized spacial score (nSPS) is 20.8. The Hall–Kier alpha value is -3.28. The molecule has 1 aromatic carbocycles. The summed E-state index contributed by atoms with van der Waals surface area (Å²) in [7, 11) is -3.16.